The molecule has 0 radical (unpaired) electrons. The summed E-state index contributed by atoms with van der Waals surface area (Å²) < 4.78 is 13.0. The Morgan fingerprint density at radius 3 is 2.57 bits per heavy atom. The third-order valence-electron chi connectivity index (χ3n) is 8.60. The number of aliphatic hydroxyl groups excluding tert-OH is 1. The highest BCUT2D eigenvalue weighted by atomic mass is 16.5. The van der Waals surface area contributed by atoms with Crippen LogP contribution >= 0.6 is 0 Å². The second kappa shape index (κ2) is 12.2. The number of aromatic hydroxyl groups is 1. The predicted molar refractivity (Wildman–Crippen MR) is 160 cm³/mol. The van der Waals surface area contributed by atoms with Crippen LogP contribution in [-0.2, 0) is 32.6 Å². The van der Waals surface area contributed by atoms with Crippen molar-refractivity contribution < 1.29 is 19.7 Å². The Morgan fingerprint density at radius 2 is 1.81 bits per heavy atom. The summed E-state index contributed by atoms with van der Waals surface area (Å²) in [4.78, 5) is 6.50. The second-order valence-electron chi connectivity index (χ2n) is 11.2. The maximum atomic E-state index is 9.81. The maximum absolute atomic E-state index is 9.81. The van der Waals surface area contributed by atoms with Crippen molar-refractivity contribution in [2.75, 3.05) is 13.2 Å². The van der Waals surface area contributed by atoms with Crippen molar-refractivity contribution in [2.24, 2.45) is 0 Å². The van der Waals surface area contributed by atoms with Crippen LogP contribution in [0, 0.1) is 18.3 Å². The molecule has 4 aromatic rings. The molecular weight excluding hydrogens is 526 g/mol. The molecule has 214 valence electrons. The van der Waals surface area contributed by atoms with Gasteiger partial charge in [0, 0.05) is 48.7 Å². The smallest absolute Gasteiger partial charge is 0.128 e. The number of pyridine rings is 1. The maximum Gasteiger partial charge on any atom is 0.128 e. The summed E-state index contributed by atoms with van der Waals surface area (Å²) in [5.74, 6) is 1.88. The fraction of sp³-hybridized carbons (Fsp3) is 0.314. The highest BCUT2D eigenvalue weighted by molar-refractivity contribution is 5.69. The largest absolute Gasteiger partial charge is 0.508 e. The molecule has 1 unspecified atom stereocenters. The van der Waals surface area contributed by atoms with Crippen molar-refractivity contribution >= 4 is 0 Å². The predicted octanol–water partition coefficient (Wildman–Crippen LogP) is 5.85. The second-order valence-corrected chi connectivity index (χ2v) is 11.2. The molecule has 7 nitrogen and oxygen atoms in total. The molecule has 1 fully saturated rings. The van der Waals surface area contributed by atoms with Crippen LogP contribution < -0.4 is 9.47 Å². The number of nitrogens with zero attached hydrogens (tertiary/aromatic N) is 3. The van der Waals surface area contributed by atoms with Gasteiger partial charge in [-0.05, 0) is 84.2 Å². The van der Waals surface area contributed by atoms with Gasteiger partial charge in [-0.25, -0.2) is 0 Å². The SMILES string of the molecule is Cc1c(COc2cc(OCc3cncc(C#N)c3)c(CN3CCC3CO)c3c2CCC3)cccc1-c1ccc(O)cc1. The molecule has 1 saturated heterocycles. The molecule has 7 heteroatoms. The molecule has 0 amide bonds. The van der Waals surface area contributed by atoms with Crippen LogP contribution in [0.2, 0.25) is 0 Å². The molecule has 0 spiro atoms. The zero-order chi connectivity index (χ0) is 29.1. The first-order valence-corrected chi connectivity index (χ1v) is 14.5. The van der Waals surface area contributed by atoms with Gasteiger partial charge in [-0.2, -0.15) is 5.26 Å². The minimum absolute atomic E-state index is 0.161. The molecule has 1 aliphatic heterocycles. The van der Waals surface area contributed by atoms with Gasteiger partial charge in [0.15, 0.2) is 0 Å². The Kier molecular flexibility index (Phi) is 8.09. The van der Waals surface area contributed by atoms with Crippen molar-refractivity contribution in [3.05, 3.63) is 106 Å². The van der Waals surface area contributed by atoms with Gasteiger partial charge in [0.2, 0.25) is 0 Å². The minimum Gasteiger partial charge on any atom is -0.508 e. The Hall–Kier alpha value is -4.38. The summed E-state index contributed by atoms with van der Waals surface area (Å²) >= 11 is 0. The Balaban J connectivity index is 1.30. The van der Waals surface area contributed by atoms with Gasteiger partial charge < -0.3 is 19.7 Å². The molecule has 2 N–H and O–H groups in total. The first-order valence-electron chi connectivity index (χ1n) is 14.5. The van der Waals surface area contributed by atoms with E-state index in [4.69, 9.17) is 9.47 Å². The number of hydrogen-bond donors (Lipinski definition) is 2. The van der Waals surface area contributed by atoms with Gasteiger partial charge in [0.1, 0.15) is 36.5 Å². The third-order valence-corrected chi connectivity index (χ3v) is 8.60. The van der Waals surface area contributed by atoms with Gasteiger partial charge in [0.25, 0.3) is 0 Å². The summed E-state index contributed by atoms with van der Waals surface area (Å²) in [6, 6.07) is 19.7. The zero-order valence-corrected chi connectivity index (χ0v) is 23.8. The molecule has 1 aromatic heterocycles. The van der Waals surface area contributed by atoms with Gasteiger partial charge in [-0.3, -0.25) is 9.88 Å². The first-order chi connectivity index (χ1) is 20.5. The van der Waals surface area contributed by atoms with Crippen LogP contribution in [0.5, 0.6) is 17.2 Å². The van der Waals surface area contributed by atoms with E-state index in [0.717, 1.165) is 78.1 Å². The van der Waals surface area contributed by atoms with Crippen molar-refractivity contribution in [1.29, 1.82) is 5.26 Å². The van der Waals surface area contributed by atoms with E-state index in [-0.39, 0.29) is 18.4 Å². The number of phenolic OH excluding ortho intramolecular Hbond substituents is 1. The zero-order valence-electron chi connectivity index (χ0n) is 23.8. The monoisotopic (exact) mass is 561 g/mol. The molecule has 6 rings (SSSR count). The van der Waals surface area contributed by atoms with Crippen LogP contribution in [-0.4, -0.2) is 39.3 Å². The van der Waals surface area contributed by atoms with E-state index < -0.39 is 0 Å². The van der Waals surface area contributed by atoms with Crippen molar-refractivity contribution in [2.45, 2.75) is 58.4 Å². The van der Waals surface area contributed by atoms with E-state index in [2.05, 4.69) is 35.0 Å². The molecule has 0 bridgehead atoms. The van der Waals surface area contributed by atoms with Gasteiger partial charge in [-0.1, -0.05) is 30.3 Å². The molecule has 42 heavy (non-hydrogen) atoms. The van der Waals surface area contributed by atoms with Crippen LogP contribution in [0.15, 0.2) is 67.0 Å². The van der Waals surface area contributed by atoms with E-state index in [9.17, 15) is 15.5 Å². The normalized spacial score (nSPS) is 16.0. The summed E-state index contributed by atoms with van der Waals surface area (Å²) in [6.07, 6.45) is 7.28. The van der Waals surface area contributed by atoms with E-state index in [1.54, 1.807) is 30.6 Å². The average Bonchev–Trinajstić information content (AvgIpc) is 3.49. The van der Waals surface area contributed by atoms with Gasteiger partial charge in [-0.15, -0.1) is 0 Å². The number of nitriles is 1. The van der Waals surface area contributed by atoms with Gasteiger partial charge >= 0.3 is 0 Å². The molecule has 0 saturated carbocycles. The molecular formula is C35H35N3O4. The fourth-order valence-corrected chi connectivity index (χ4v) is 6.07. The van der Waals surface area contributed by atoms with E-state index in [1.165, 1.54) is 16.7 Å². The molecule has 1 aliphatic carbocycles. The fourth-order valence-electron chi connectivity index (χ4n) is 6.07. The van der Waals surface area contributed by atoms with Crippen LogP contribution in [0.25, 0.3) is 11.1 Å². The Bertz CT molecular complexity index is 1630. The Morgan fingerprint density at radius 1 is 1.00 bits per heavy atom. The summed E-state index contributed by atoms with van der Waals surface area (Å²) in [7, 11) is 0. The number of benzene rings is 3. The lowest BCUT2D eigenvalue weighted by atomic mass is 9.96. The topological polar surface area (TPSA) is 98.8 Å². The third kappa shape index (κ3) is 5.69. The molecule has 1 atom stereocenters. The number of fused-ring (bicyclic) bond motifs is 1. The summed E-state index contributed by atoms with van der Waals surface area (Å²) in [5.41, 5.74) is 9.46. The average molecular weight is 562 g/mol. The van der Waals surface area contributed by atoms with Crippen LogP contribution in [0.1, 0.15) is 51.8 Å². The number of likely N-dealkylation sites (tertiary alicyclic amines) is 1. The van der Waals surface area contributed by atoms with Crippen molar-refractivity contribution in [1.82, 2.24) is 9.88 Å². The van der Waals surface area contributed by atoms with E-state index >= 15 is 0 Å². The van der Waals surface area contributed by atoms with E-state index in [0.29, 0.717) is 18.8 Å². The molecule has 3 aromatic carbocycles. The Labute approximate surface area is 246 Å². The standard InChI is InChI=1S/C35H35N3O4/c1-23-27(4-2-5-30(23)26-8-10-29(40)11-9-26)22-42-34-15-35(41-21-25-14-24(16-36)17-37-18-25)33(31-6-3-7-32(31)34)19-38-13-12-28(38)20-39/h2,4-5,8-11,14-15,17-18,28,39-40H,3,6-7,12-13,19-22H2,1H3. The molecule has 2 heterocycles. The van der Waals surface area contributed by atoms with E-state index in [1.807, 2.05) is 24.3 Å². The highest BCUT2D eigenvalue weighted by Gasteiger charge is 2.31. The lowest BCUT2D eigenvalue weighted by Crippen LogP contribution is -2.49. The van der Waals surface area contributed by atoms with Crippen LogP contribution in [0.3, 0.4) is 0 Å². The minimum atomic E-state index is 0.161. The van der Waals surface area contributed by atoms with Gasteiger partial charge in [0.05, 0.1) is 12.2 Å². The van der Waals surface area contributed by atoms with Crippen molar-refractivity contribution in [3.63, 3.8) is 0 Å². The number of hydrogen-bond acceptors (Lipinski definition) is 7. The number of aromatic nitrogens is 1. The first kappa shape index (κ1) is 27.8. The number of rotatable bonds is 10. The number of aliphatic hydroxyl groups is 1. The van der Waals surface area contributed by atoms with Crippen LogP contribution in [0.4, 0.5) is 0 Å². The number of phenols is 1. The summed E-state index contributed by atoms with van der Waals surface area (Å²) in [5, 5.41) is 28.8. The lowest BCUT2D eigenvalue weighted by Gasteiger charge is -2.40. The quantitative estimate of drug-likeness (QED) is 0.251. The highest BCUT2D eigenvalue weighted by Crippen LogP contribution is 2.41. The number of ether oxygens (including phenoxy) is 2. The summed E-state index contributed by atoms with van der Waals surface area (Å²) in [6.45, 7) is 4.68. The van der Waals surface area contributed by atoms with Crippen molar-refractivity contribution in [3.8, 4) is 34.4 Å². The lowest BCUT2D eigenvalue weighted by molar-refractivity contribution is 0.0346. The molecule has 2 aliphatic rings.